The van der Waals surface area contributed by atoms with Crippen LogP contribution in [-0.4, -0.2) is 88.0 Å². The van der Waals surface area contributed by atoms with Gasteiger partial charge in [0.15, 0.2) is 9.84 Å². The van der Waals surface area contributed by atoms with Crippen LogP contribution in [0.15, 0.2) is 46.0 Å². The monoisotopic (exact) mass is 513 g/mol. The summed E-state index contributed by atoms with van der Waals surface area (Å²) >= 11 is 1.22. The summed E-state index contributed by atoms with van der Waals surface area (Å²) in [5.41, 5.74) is 0.832. The third kappa shape index (κ3) is 5.60. The molecule has 3 heterocycles. The number of sulfonamides is 1. The van der Waals surface area contributed by atoms with E-state index in [0.717, 1.165) is 11.3 Å². The third-order valence-electron chi connectivity index (χ3n) is 6.35. The topological polar surface area (TPSA) is 98.2 Å². The quantitative estimate of drug-likeness (QED) is 0.626. The number of hydrogen-bond acceptors (Lipinski definition) is 8. The predicted molar refractivity (Wildman–Crippen MR) is 131 cm³/mol. The van der Waals surface area contributed by atoms with Crippen molar-refractivity contribution >= 4 is 36.9 Å². The van der Waals surface area contributed by atoms with Gasteiger partial charge in [-0.3, -0.25) is 4.90 Å². The second-order valence-electron chi connectivity index (χ2n) is 9.20. The molecule has 2 aromatic rings. The number of piperazine rings is 1. The number of sulfone groups is 1. The van der Waals surface area contributed by atoms with Crippen LogP contribution in [0, 0.1) is 0 Å². The Bertz CT molecular complexity index is 1140. The van der Waals surface area contributed by atoms with Crippen molar-refractivity contribution in [2.45, 2.75) is 29.7 Å². The van der Waals surface area contributed by atoms with Gasteiger partial charge < -0.3 is 10.0 Å². The number of aliphatic hydroxyl groups is 1. The number of benzene rings is 1. The van der Waals surface area contributed by atoms with Crippen LogP contribution >= 0.6 is 11.3 Å². The molecule has 11 heteroatoms. The molecule has 4 rings (SSSR count). The predicted octanol–water partition coefficient (Wildman–Crippen LogP) is 1.59. The van der Waals surface area contributed by atoms with Crippen LogP contribution in [0.5, 0.6) is 0 Å². The van der Waals surface area contributed by atoms with Crippen molar-refractivity contribution in [1.82, 2.24) is 9.21 Å². The molecule has 2 saturated heterocycles. The van der Waals surface area contributed by atoms with Gasteiger partial charge in [-0.2, -0.15) is 4.31 Å². The van der Waals surface area contributed by atoms with E-state index >= 15 is 0 Å². The molecular weight excluding hydrogens is 482 g/mol. The first-order chi connectivity index (χ1) is 15.5. The van der Waals surface area contributed by atoms with Crippen molar-refractivity contribution in [3.8, 4) is 0 Å². The Morgan fingerprint density at radius 3 is 2.30 bits per heavy atom. The smallest absolute Gasteiger partial charge is 0.252 e. The fourth-order valence-corrected chi connectivity index (χ4v) is 8.26. The fraction of sp³-hybridized carbons (Fsp3) is 0.545. The van der Waals surface area contributed by atoms with Crippen molar-refractivity contribution in [2.75, 3.05) is 55.7 Å². The lowest BCUT2D eigenvalue weighted by Gasteiger charge is -2.44. The molecular formula is C22H31N3O5S3. The Labute approximate surface area is 200 Å². The Balaban J connectivity index is 1.57. The molecule has 2 aliphatic heterocycles. The van der Waals surface area contributed by atoms with E-state index in [9.17, 15) is 21.9 Å². The minimum absolute atomic E-state index is 0.123. The van der Waals surface area contributed by atoms with Gasteiger partial charge in [-0.15, -0.1) is 11.3 Å². The van der Waals surface area contributed by atoms with E-state index in [1.54, 1.807) is 35.7 Å². The van der Waals surface area contributed by atoms with E-state index in [0.29, 0.717) is 43.5 Å². The summed E-state index contributed by atoms with van der Waals surface area (Å²) in [7, 11) is -6.55. The van der Waals surface area contributed by atoms with Gasteiger partial charge in [0.25, 0.3) is 10.0 Å². The lowest BCUT2D eigenvalue weighted by atomic mass is 9.98. The van der Waals surface area contributed by atoms with Crippen molar-refractivity contribution in [1.29, 1.82) is 0 Å². The van der Waals surface area contributed by atoms with Crippen LogP contribution in [0.1, 0.15) is 19.4 Å². The molecule has 33 heavy (non-hydrogen) atoms. The van der Waals surface area contributed by atoms with Gasteiger partial charge in [0, 0.05) is 45.0 Å². The SMILES string of the molecule is CC(C)(O)c1ccc(N2CCN(S(=O)(=O)c3cccs3)C[C@@H]2CN2CCS(=O)(=O)CC2)cc1. The minimum Gasteiger partial charge on any atom is -0.386 e. The molecule has 1 N–H and O–H groups in total. The summed E-state index contributed by atoms with van der Waals surface area (Å²) in [5, 5.41) is 12.0. The maximum absolute atomic E-state index is 13.2. The second-order valence-corrected chi connectivity index (χ2v) is 14.6. The molecule has 182 valence electrons. The molecule has 0 saturated carbocycles. The van der Waals surface area contributed by atoms with E-state index in [-0.39, 0.29) is 17.5 Å². The average molecular weight is 514 g/mol. The first kappa shape index (κ1) is 24.6. The lowest BCUT2D eigenvalue weighted by molar-refractivity contribution is 0.0786. The highest BCUT2D eigenvalue weighted by Gasteiger charge is 2.36. The van der Waals surface area contributed by atoms with Gasteiger partial charge in [0.05, 0.1) is 23.1 Å². The van der Waals surface area contributed by atoms with E-state index < -0.39 is 25.5 Å². The first-order valence-corrected chi connectivity index (χ1v) is 15.2. The summed E-state index contributed by atoms with van der Waals surface area (Å²) in [6.07, 6.45) is 0. The van der Waals surface area contributed by atoms with Crippen LogP contribution < -0.4 is 4.90 Å². The molecule has 0 spiro atoms. The molecule has 0 unspecified atom stereocenters. The van der Waals surface area contributed by atoms with Crippen molar-refractivity contribution in [2.24, 2.45) is 0 Å². The Morgan fingerprint density at radius 2 is 1.73 bits per heavy atom. The molecule has 0 radical (unpaired) electrons. The number of anilines is 1. The second kappa shape index (κ2) is 9.27. The van der Waals surface area contributed by atoms with Gasteiger partial charge in [-0.05, 0) is 43.0 Å². The van der Waals surface area contributed by atoms with Crippen LogP contribution in [-0.2, 0) is 25.5 Å². The maximum Gasteiger partial charge on any atom is 0.252 e. The fourth-order valence-electron chi connectivity index (χ4n) is 4.37. The van der Waals surface area contributed by atoms with E-state index in [4.69, 9.17) is 0 Å². The van der Waals surface area contributed by atoms with Crippen molar-refractivity contribution in [3.05, 3.63) is 47.3 Å². The van der Waals surface area contributed by atoms with E-state index in [1.165, 1.54) is 11.3 Å². The summed E-state index contributed by atoms with van der Waals surface area (Å²) in [5.74, 6) is 0.272. The van der Waals surface area contributed by atoms with Crippen LogP contribution in [0.2, 0.25) is 0 Å². The Hall–Kier alpha value is -1.50. The van der Waals surface area contributed by atoms with E-state index in [1.807, 2.05) is 24.3 Å². The minimum atomic E-state index is -3.56. The van der Waals surface area contributed by atoms with Crippen LogP contribution in [0.4, 0.5) is 5.69 Å². The third-order valence-corrected chi connectivity index (χ3v) is 11.2. The number of hydrogen-bond donors (Lipinski definition) is 1. The largest absolute Gasteiger partial charge is 0.386 e. The van der Waals surface area contributed by atoms with Crippen molar-refractivity contribution in [3.63, 3.8) is 0 Å². The summed E-state index contributed by atoms with van der Waals surface area (Å²) in [4.78, 5) is 4.32. The van der Waals surface area contributed by atoms with E-state index in [2.05, 4.69) is 9.80 Å². The van der Waals surface area contributed by atoms with Crippen LogP contribution in [0.3, 0.4) is 0 Å². The average Bonchev–Trinajstić information content (AvgIpc) is 3.31. The summed E-state index contributed by atoms with van der Waals surface area (Å²) in [6, 6.07) is 11.0. The number of nitrogens with zero attached hydrogens (tertiary/aromatic N) is 3. The van der Waals surface area contributed by atoms with Gasteiger partial charge in [-0.25, -0.2) is 16.8 Å². The number of thiophene rings is 1. The highest BCUT2D eigenvalue weighted by atomic mass is 32.2. The molecule has 2 aliphatic rings. The molecule has 8 nitrogen and oxygen atoms in total. The first-order valence-electron chi connectivity index (χ1n) is 11.0. The zero-order valence-corrected chi connectivity index (χ0v) is 21.4. The van der Waals surface area contributed by atoms with Gasteiger partial charge in [0.1, 0.15) is 4.21 Å². The zero-order valence-electron chi connectivity index (χ0n) is 18.9. The van der Waals surface area contributed by atoms with Crippen LogP contribution in [0.25, 0.3) is 0 Å². The van der Waals surface area contributed by atoms with Gasteiger partial charge in [0.2, 0.25) is 0 Å². The van der Waals surface area contributed by atoms with Gasteiger partial charge >= 0.3 is 0 Å². The lowest BCUT2D eigenvalue weighted by Crippen LogP contribution is -2.59. The molecule has 2 fully saturated rings. The van der Waals surface area contributed by atoms with Gasteiger partial charge in [-0.1, -0.05) is 18.2 Å². The maximum atomic E-state index is 13.2. The molecule has 0 bridgehead atoms. The Morgan fingerprint density at radius 1 is 1.06 bits per heavy atom. The zero-order chi connectivity index (χ0) is 23.9. The summed E-state index contributed by atoms with van der Waals surface area (Å²) in [6.45, 7) is 6.22. The number of rotatable bonds is 6. The van der Waals surface area contributed by atoms with Crippen molar-refractivity contribution < 1.29 is 21.9 Å². The normalized spacial score (nSPS) is 23.0. The highest BCUT2D eigenvalue weighted by molar-refractivity contribution is 7.91. The summed E-state index contributed by atoms with van der Waals surface area (Å²) < 4.78 is 51.9. The molecule has 1 aromatic carbocycles. The Kier molecular flexibility index (Phi) is 6.92. The standard InChI is InChI=1S/C22H31N3O5S3/c1-22(2,26)18-5-7-19(8-6-18)25-10-9-24(33(29,30)21-4-3-13-31-21)17-20(25)16-23-11-14-32(27,28)15-12-23/h3-8,13,20,26H,9-12,14-17H2,1-2H3/t20-/m0/s1. The molecule has 1 atom stereocenters. The molecule has 0 aliphatic carbocycles. The highest BCUT2D eigenvalue weighted by Crippen LogP contribution is 2.29. The molecule has 1 aromatic heterocycles. The molecule has 0 amide bonds.